The van der Waals surface area contributed by atoms with Gasteiger partial charge in [0, 0.05) is 34.7 Å². The SMILES string of the molecule is O=C(Nn1ccc2c(nnc3c(-c4ccc(Cl)cc4)cnn32)c1=O)c1ccncc1. The predicted octanol–water partition coefficient (Wildman–Crippen LogP) is 2.54. The third-order valence-corrected chi connectivity index (χ3v) is 4.83. The summed E-state index contributed by atoms with van der Waals surface area (Å²) in [4.78, 5) is 29.0. The average molecular weight is 418 g/mol. The van der Waals surface area contributed by atoms with Crippen LogP contribution in [0.25, 0.3) is 27.8 Å². The van der Waals surface area contributed by atoms with Crippen molar-refractivity contribution in [2.24, 2.45) is 0 Å². The van der Waals surface area contributed by atoms with E-state index >= 15 is 0 Å². The average Bonchev–Trinajstić information content (AvgIpc) is 3.21. The van der Waals surface area contributed by atoms with E-state index in [2.05, 4.69) is 25.7 Å². The van der Waals surface area contributed by atoms with Crippen LogP contribution >= 0.6 is 11.6 Å². The van der Waals surface area contributed by atoms with Crippen molar-refractivity contribution in [3.05, 3.63) is 88.2 Å². The summed E-state index contributed by atoms with van der Waals surface area (Å²) < 4.78 is 2.61. The predicted molar refractivity (Wildman–Crippen MR) is 111 cm³/mol. The Kier molecular flexibility index (Phi) is 4.22. The Morgan fingerprint density at radius 2 is 1.77 bits per heavy atom. The molecule has 146 valence electrons. The molecule has 1 N–H and O–H groups in total. The van der Waals surface area contributed by atoms with E-state index in [1.165, 1.54) is 18.6 Å². The van der Waals surface area contributed by atoms with Crippen molar-refractivity contribution in [2.45, 2.75) is 0 Å². The summed E-state index contributed by atoms with van der Waals surface area (Å²) in [5.74, 6) is -0.447. The van der Waals surface area contributed by atoms with E-state index in [0.717, 1.165) is 15.8 Å². The second-order valence-corrected chi connectivity index (χ2v) is 6.84. The zero-order valence-corrected chi connectivity index (χ0v) is 16.0. The van der Waals surface area contributed by atoms with Crippen molar-refractivity contribution >= 4 is 34.2 Å². The highest BCUT2D eigenvalue weighted by atomic mass is 35.5. The first-order valence-corrected chi connectivity index (χ1v) is 9.23. The molecule has 4 aromatic heterocycles. The van der Waals surface area contributed by atoms with Gasteiger partial charge in [-0.3, -0.25) is 20.0 Å². The van der Waals surface area contributed by atoms with Crippen LogP contribution in [0.2, 0.25) is 5.02 Å². The third kappa shape index (κ3) is 2.97. The van der Waals surface area contributed by atoms with Crippen LogP contribution in [-0.2, 0) is 0 Å². The van der Waals surface area contributed by atoms with Crippen molar-refractivity contribution in [2.75, 3.05) is 5.43 Å². The molecular weight excluding hydrogens is 406 g/mol. The first-order valence-electron chi connectivity index (χ1n) is 8.85. The summed E-state index contributed by atoms with van der Waals surface area (Å²) in [7, 11) is 0. The highest BCUT2D eigenvalue weighted by Crippen LogP contribution is 2.25. The fraction of sp³-hybridized carbons (Fsp3) is 0. The lowest BCUT2D eigenvalue weighted by Crippen LogP contribution is -2.33. The van der Waals surface area contributed by atoms with Gasteiger partial charge in [-0.15, -0.1) is 10.2 Å². The van der Waals surface area contributed by atoms with Crippen LogP contribution in [0.1, 0.15) is 10.4 Å². The van der Waals surface area contributed by atoms with Gasteiger partial charge in [0.05, 0.1) is 6.20 Å². The number of nitrogens with zero attached hydrogens (tertiary/aromatic N) is 6. The molecule has 0 fully saturated rings. The number of halogens is 1. The first kappa shape index (κ1) is 18.0. The molecule has 0 spiro atoms. The number of fused-ring (bicyclic) bond motifs is 3. The number of hydrogen-bond acceptors (Lipinski definition) is 6. The number of nitrogens with one attached hydrogen (secondary N) is 1. The minimum atomic E-state index is -0.521. The molecule has 10 heteroatoms. The topological polar surface area (TPSA) is 107 Å². The van der Waals surface area contributed by atoms with Crippen molar-refractivity contribution in [1.82, 2.24) is 29.5 Å². The molecule has 4 heterocycles. The number of rotatable bonds is 3. The minimum Gasteiger partial charge on any atom is -0.267 e. The van der Waals surface area contributed by atoms with Gasteiger partial charge in [0.1, 0.15) is 5.52 Å². The van der Waals surface area contributed by atoms with Crippen LogP contribution in [0.5, 0.6) is 0 Å². The monoisotopic (exact) mass is 417 g/mol. The first-order chi connectivity index (χ1) is 14.6. The van der Waals surface area contributed by atoms with E-state index in [9.17, 15) is 9.59 Å². The van der Waals surface area contributed by atoms with Gasteiger partial charge in [-0.25, -0.2) is 9.19 Å². The van der Waals surface area contributed by atoms with Crippen LogP contribution in [0.3, 0.4) is 0 Å². The number of aromatic nitrogens is 6. The number of carbonyl (C=O) groups excluding carboxylic acids is 1. The van der Waals surface area contributed by atoms with Crippen LogP contribution in [0, 0.1) is 0 Å². The zero-order chi connectivity index (χ0) is 20.7. The maximum absolute atomic E-state index is 12.8. The van der Waals surface area contributed by atoms with Gasteiger partial charge in [-0.2, -0.15) is 5.10 Å². The number of benzene rings is 1. The highest BCUT2D eigenvalue weighted by Gasteiger charge is 2.15. The lowest BCUT2D eigenvalue weighted by molar-refractivity contribution is 0.101. The van der Waals surface area contributed by atoms with Gasteiger partial charge in [0.25, 0.3) is 11.5 Å². The van der Waals surface area contributed by atoms with E-state index in [0.29, 0.717) is 21.7 Å². The van der Waals surface area contributed by atoms with Crippen LogP contribution < -0.4 is 11.0 Å². The Hall–Kier alpha value is -4.11. The Morgan fingerprint density at radius 1 is 1.00 bits per heavy atom. The number of carbonyl (C=O) groups is 1. The van der Waals surface area contributed by atoms with Crippen LogP contribution in [0.15, 0.2) is 72.0 Å². The van der Waals surface area contributed by atoms with E-state index in [4.69, 9.17) is 11.6 Å². The molecule has 1 amide bonds. The second-order valence-electron chi connectivity index (χ2n) is 6.40. The standard InChI is InChI=1S/C20H12ClN7O2/c21-14-3-1-12(2-4-14)15-11-23-28-16-7-10-27(20(30)17(16)24-25-18(15)28)26-19(29)13-5-8-22-9-6-13/h1-11H,(H,26,29). The van der Waals surface area contributed by atoms with Gasteiger partial charge in [0.2, 0.25) is 0 Å². The van der Waals surface area contributed by atoms with Gasteiger partial charge < -0.3 is 0 Å². The number of hydrogen-bond donors (Lipinski definition) is 1. The fourth-order valence-electron chi connectivity index (χ4n) is 3.09. The van der Waals surface area contributed by atoms with Crippen LogP contribution in [0.4, 0.5) is 0 Å². The smallest absolute Gasteiger partial charge is 0.267 e. The molecule has 0 atom stereocenters. The van der Waals surface area contributed by atoms with Crippen molar-refractivity contribution in [3.8, 4) is 11.1 Å². The van der Waals surface area contributed by atoms with Gasteiger partial charge >= 0.3 is 0 Å². The Balaban J connectivity index is 1.58. The third-order valence-electron chi connectivity index (χ3n) is 4.58. The Morgan fingerprint density at radius 3 is 2.53 bits per heavy atom. The Labute approximate surface area is 173 Å². The maximum Gasteiger partial charge on any atom is 0.299 e. The highest BCUT2D eigenvalue weighted by molar-refractivity contribution is 6.30. The molecule has 0 bridgehead atoms. The summed E-state index contributed by atoms with van der Waals surface area (Å²) in [6, 6.07) is 12.0. The summed E-state index contributed by atoms with van der Waals surface area (Å²) in [6.07, 6.45) is 6.10. The molecule has 5 aromatic rings. The number of pyridine rings is 2. The normalized spacial score (nSPS) is 11.1. The summed E-state index contributed by atoms with van der Waals surface area (Å²) in [6.45, 7) is 0. The molecule has 0 aliphatic carbocycles. The van der Waals surface area contributed by atoms with Crippen LogP contribution in [-0.4, -0.2) is 35.4 Å². The Bertz CT molecular complexity index is 1460. The molecule has 1 aromatic carbocycles. The van der Waals surface area contributed by atoms with E-state index in [-0.39, 0.29) is 5.52 Å². The maximum atomic E-state index is 12.8. The molecule has 30 heavy (non-hydrogen) atoms. The van der Waals surface area contributed by atoms with Crippen molar-refractivity contribution < 1.29 is 4.79 Å². The van der Waals surface area contributed by atoms with Crippen molar-refractivity contribution in [3.63, 3.8) is 0 Å². The largest absolute Gasteiger partial charge is 0.299 e. The lowest BCUT2D eigenvalue weighted by Gasteiger charge is -2.09. The molecule has 9 nitrogen and oxygen atoms in total. The van der Waals surface area contributed by atoms with E-state index < -0.39 is 11.5 Å². The minimum absolute atomic E-state index is 0.0748. The molecule has 0 saturated carbocycles. The molecule has 0 unspecified atom stereocenters. The van der Waals surface area contributed by atoms with E-state index in [1.54, 1.807) is 41.0 Å². The molecule has 5 rings (SSSR count). The summed E-state index contributed by atoms with van der Waals surface area (Å²) in [5, 5.41) is 13.3. The molecule has 0 radical (unpaired) electrons. The van der Waals surface area contributed by atoms with Gasteiger partial charge in [-0.05, 0) is 35.9 Å². The van der Waals surface area contributed by atoms with Gasteiger partial charge in [-0.1, -0.05) is 23.7 Å². The van der Waals surface area contributed by atoms with E-state index in [1.807, 2.05) is 12.1 Å². The summed E-state index contributed by atoms with van der Waals surface area (Å²) >= 11 is 5.96. The molecule has 0 aliphatic heterocycles. The molecule has 0 aliphatic rings. The molecular formula is C20H12ClN7O2. The van der Waals surface area contributed by atoms with Gasteiger partial charge in [0.15, 0.2) is 11.2 Å². The fourth-order valence-corrected chi connectivity index (χ4v) is 3.22. The zero-order valence-electron chi connectivity index (χ0n) is 15.2. The van der Waals surface area contributed by atoms with Crippen molar-refractivity contribution in [1.29, 1.82) is 0 Å². The second kappa shape index (κ2) is 7.05. The summed E-state index contributed by atoms with van der Waals surface area (Å²) in [5.41, 5.74) is 5.07. The number of amides is 1. The lowest BCUT2D eigenvalue weighted by atomic mass is 10.1. The quantitative estimate of drug-likeness (QED) is 0.483. The molecule has 0 saturated heterocycles.